The highest BCUT2D eigenvalue weighted by atomic mass is 16.2. The van der Waals surface area contributed by atoms with Gasteiger partial charge in [0, 0.05) is 55.6 Å². The van der Waals surface area contributed by atoms with Crippen LogP contribution in [0.1, 0.15) is 107 Å². The molecule has 0 radical (unpaired) electrons. The fraction of sp³-hybridized carbons (Fsp3) is 0.475. The standard InChI is InChI=1S/C40H47N11O5/c1-24-8-6-11-30(45-24)37(53)47-26-20-27(21-26)50-23-44-34-35(42-22-43-36(34)50)46-25-14-18-49(19-15-25)17-5-3-2-4-16-41-29-10-7-9-28-33(29)40(56)51(39(28)55)31-12-13-32(52)48-38(31)54/h6-11,22-23,25-27,31,41H,2-5,12-21H2,1H3,(H,47,53)(H,42,43,46)(H,48,52,54). The first-order valence-electron chi connectivity index (χ1n) is 19.7. The topological polar surface area (TPSA) is 196 Å². The molecule has 1 atom stereocenters. The van der Waals surface area contributed by atoms with E-state index in [4.69, 9.17) is 4.98 Å². The highest BCUT2D eigenvalue weighted by molar-refractivity contribution is 6.25. The van der Waals surface area contributed by atoms with E-state index in [-0.39, 0.29) is 36.4 Å². The van der Waals surface area contributed by atoms with Gasteiger partial charge in [-0.1, -0.05) is 25.0 Å². The van der Waals surface area contributed by atoms with Gasteiger partial charge in [-0.15, -0.1) is 0 Å². The molecule has 1 aromatic carbocycles. The molecule has 5 amide bonds. The number of carbonyl (C=O) groups is 5. The van der Waals surface area contributed by atoms with E-state index >= 15 is 0 Å². The minimum atomic E-state index is -0.977. The van der Waals surface area contributed by atoms with Gasteiger partial charge in [0.1, 0.15) is 23.6 Å². The maximum atomic E-state index is 13.3. The lowest BCUT2D eigenvalue weighted by atomic mass is 9.86. The maximum absolute atomic E-state index is 13.3. The maximum Gasteiger partial charge on any atom is 0.270 e. The van der Waals surface area contributed by atoms with Crippen molar-refractivity contribution >= 4 is 52.2 Å². The van der Waals surface area contributed by atoms with Crippen LogP contribution in [0.2, 0.25) is 0 Å². The zero-order valence-corrected chi connectivity index (χ0v) is 31.5. The number of nitrogens with zero attached hydrogens (tertiary/aromatic N) is 7. The number of anilines is 2. The number of pyridine rings is 1. The number of hydrogen-bond acceptors (Lipinski definition) is 12. The minimum absolute atomic E-state index is 0.0831. The van der Waals surface area contributed by atoms with Gasteiger partial charge in [-0.25, -0.2) is 19.9 Å². The van der Waals surface area contributed by atoms with Crippen molar-refractivity contribution in [3.05, 3.63) is 71.6 Å². The summed E-state index contributed by atoms with van der Waals surface area (Å²) in [6.07, 6.45) is 11.4. The van der Waals surface area contributed by atoms with E-state index in [1.54, 1.807) is 30.6 Å². The summed E-state index contributed by atoms with van der Waals surface area (Å²) in [7, 11) is 0. The third-order valence-electron chi connectivity index (χ3n) is 11.4. The molecule has 6 heterocycles. The van der Waals surface area contributed by atoms with Crippen LogP contribution in [-0.4, -0.2) is 108 Å². The van der Waals surface area contributed by atoms with Gasteiger partial charge in [0.15, 0.2) is 11.5 Å². The Bertz CT molecular complexity index is 2160. The van der Waals surface area contributed by atoms with Crippen molar-refractivity contribution in [2.75, 3.05) is 36.8 Å². The van der Waals surface area contributed by atoms with E-state index in [1.807, 2.05) is 25.4 Å². The summed E-state index contributed by atoms with van der Waals surface area (Å²) in [5.41, 5.74) is 4.00. The molecule has 0 bridgehead atoms. The average Bonchev–Trinajstić information content (AvgIpc) is 3.72. The molecule has 4 aromatic rings. The molecule has 16 nitrogen and oxygen atoms in total. The molecular weight excluding hydrogens is 715 g/mol. The van der Waals surface area contributed by atoms with Crippen LogP contribution in [0.3, 0.4) is 0 Å². The summed E-state index contributed by atoms with van der Waals surface area (Å²) in [5, 5.41) is 12.3. The lowest BCUT2D eigenvalue weighted by molar-refractivity contribution is -0.136. The normalized spacial score (nSPS) is 21.5. The SMILES string of the molecule is Cc1cccc(C(=O)NC2CC(n3cnc4c(NC5CCN(CCCCCCNc6cccc7c6C(=O)N(C6CCC(=O)NC6=O)C7=O)CC5)ncnc43)C2)n1. The van der Waals surface area contributed by atoms with Gasteiger partial charge in [0.05, 0.1) is 17.5 Å². The molecule has 0 spiro atoms. The van der Waals surface area contributed by atoms with Crippen molar-refractivity contribution in [3.8, 4) is 0 Å². The van der Waals surface area contributed by atoms with E-state index in [0.717, 1.165) is 98.6 Å². The quantitative estimate of drug-likeness (QED) is 0.108. The Kier molecular flexibility index (Phi) is 10.7. The minimum Gasteiger partial charge on any atom is -0.384 e. The van der Waals surface area contributed by atoms with Crippen molar-refractivity contribution in [2.24, 2.45) is 0 Å². The van der Waals surface area contributed by atoms with Crippen molar-refractivity contribution in [1.82, 2.24) is 44.9 Å². The summed E-state index contributed by atoms with van der Waals surface area (Å²) in [4.78, 5) is 84.7. The number of rotatable bonds is 14. The van der Waals surface area contributed by atoms with E-state index in [9.17, 15) is 24.0 Å². The Balaban J connectivity index is 0.734. The second-order valence-electron chi connectivity index (χ2n) is 15.3. The number of benzene rings is 1. The van der Waals surface area contributed by atoms with Crippen LogP contribution in [-0.2, 0) is 9.59 Å². The Hall–Kier alpha value is -5.77. The van der Waals surface area contributed by atoms with E-state index < -0.39 is 29.7 Å². The molecule has 1 saturated carbocycles. The van der Waals surface area contributed by atoms with Gasteiger partial charge < -0.3 is 25.4 Å². The van der Waals surface area contributed by atoms with Gasteiger partial charge in [-0.05, 0) is 82.7 Å². The molecule has 8 rings (SSSR count). The van der Waals surface area contributed by atoms with Gasteiger partial charge in [0.25, 0.3) is 17.7 Å². The number of aromatic nitrogens is 5. The zero-order valence-electron chi connectivity index (χ0n) is 31.5. The molecule has 292 valence electrons. The van der Waals surface area contributed by atoms with Crippen LogP contribution in [0.25, 0.3) is 11.2 Å². The first-order chi connectivity index (χ1) is 27.2. The average molecular weight is 762 g/mol. The summed E-state index contributed by atoms with van der Waals surface area (Å²) >= 11 is 0. The molecule has 1 unspecified atom stereocenters. The lowest BCUT2D eigenvalue weighted by Crippen LogP contribution is -2.54. The second-order valence-corrected chi connectivity index (χ2v) is 15.3. The Morgan fingerprint density at radius 3 is 2.50 bits per heavy atom. The predicted octanol–water partition coefficient (Wildman–Crippen LogP) is 3.61. The van der Waals surface area contributed by atoms with Gasteiger partial charge in [-0.3, -0.25) is 34.2 Å². The fourth-order valence-electron chi connectivity index (χ4n) is 8.28. The summed E-state index contributed by atoms with van der Waals surface area (Å²) in [6, 6.07) is 10.2. The summed E-state index contributed by atoms with van der Waals surface area (Å²) < 4.78 is 2.10. The molecule has 3 aromatic heterocycles. The van der Waals surface area contributed by atoms with Gasteiger partial charge >= 0.3 is 0 Å². The van der Waals surface area contributed by atoms with Crippen molar-refractivity contribution < 1.29 is 24.0 Å². The molecule has 4 aliphatic rings. The summed E-state index contributed by atoms with van der Waals surface area (Å²) in [5.74, 6) is -1.38. The van der Waals surface area contributed by atoms with Crippen LogP contribution in [0, 0.1) is 6.92 Å². The smallest absolute Gasteiger partial charge is 0.270 e. The number of hydrogen-bond donors (Lipinski definition) is 4. The number of imidazole rings is 1. The van der Waals surface area contributed by atoms with E-state index in [1.165, 1.54) is 0 Å². The van der Waals surface area contributed by atoms with Crippen LogP contribution in [0.5, 0.6) is 0 Å². The highest BCUT2D eigenvalue weighted by Gasteiger charge is 2.45. The van der Waals surface area contributed by atoms with Crippen LogP contribution in [0.4, 0.5) is 11.5 Å². The number of amides is 5. The molecule has 3 fully saturated rings. The lowest BCUT2D eigenvalue weighted by Gasteiger charge is -2.36. The molecule has 56 heavy (non-hydrogen) atoms. The number of nitrogens with one attached hydrogen (secondary N) is 4. The third kappa shape index (κ3) is 7.70. The number of likely N-dealkylation sites (tertiary alicyclic amines) is 1. The zero-order chi connectivity index (χ0) is 38.8. The van der Waals surface area contributed by atoms with Crippen molar-refractivity contribution in [1.29, 1.82) is 0 Å². The predicted molar refractivity (Wildman–Crippen MR) is 207 cm³/mol. The van der Waals surface area contributed by atoms with Crippen LogP contribution >= 0.6 is 0 Å². The number of imide groups is 2. The second kappa shape index (κ2) is 16.1. The number of piperidine rings is 2. The Labute approximate surface area is 324 Å². The fourth-order valence-corrected chi connectivity index (χ4v) is 8.28. The largest absolute Gasteiger partial charge is 0.384 e. The molecular formula is C40H47N11O5. The molecule has 16 heteroatoms. The molecule has 4 N–H and O–H groups in total. The number of carbonyl (C=O) groups excluding carboxylic acids is 5. The van der Waals surface area contributed by atoms with Crippen molar-refractivity contribution in [3.63, 3.8) is 0 Å². The Morgan fingerprint density at radius 1 is 0.893 bits per heavy atom. The first kappa shape index (κ1) is 37.2. The number of aryl methyl sites for hydroxylation is 1. The molecule has 2 saturated heterocycles. The summed E-state index contributed by atoms with van der Waals surface area (Å²) in [6.45, 7) is 5.61. The number of fused-ring (bicyclic) bond motifs is 2. The third-order valence-corrected chi connectivity index (χ3v) is 11.4. The highest BCUT2D eigenvalue weighted by Crippen LogP contribution is 2.36. The van der Waals surface area contributed by atoms with Gasteiger partial charge in [0.2, 0.25) is 11.8 Å². The number of unbranched alkanes of at least 4 members (excludes halogenated alkanes) is 3. The van der Waals surface area contributed by atoms with E-state index in [0.29, 0.717) is 29.5 Å². The van der Waals surface area contributed by atoms with Crippen LogP contribution in [0.15, 0.2) is 49.1 Å². The van der Waals surface area contributed by atoms with E-state index in [2.05, 4.69) is 45.7 Å². The first-order valence-corrected chi connectivity index (χ1v) is 19.7. The monoisotopic (exact) mass is 761 g/mol. The van der Waals surface area contributed by atoms with Crippen LogP contribution < -0.4 is 21.3 Å². The van der Waals surface area contributed by atoms with Gasteiger partial charge in [-0.2, -0.15) is 0 Å². The molecule has 1 aliphatic carbocycles. The molecule has 3 aliphatic heterocycles. The van der Waals surface area contributed by atoms with Crippen molar-refractivity contribution in [2.45, 2.75) is 95.3 Å². The Morgan fingerprint density at radius 2 is 1.70 bits per heavy atom.